The van der Waals surface area contributed by atoms with E-state index in [1.54, 1.807) is 0 Å². The number of nitrogens with zero attached hydrogens (tertiary/aromatic N) is 1. The first-order valence-electron chi connectivity index (χ1n) is 3.43. The van der Waals surface area contributed by atoms with Crippen molar-refractivity contribution in [2.75, 3.05) is 0 Å². The van der Waals surface area contributed by atoms with Gasteiger partial charge in [-0.1, -0.05) is 0 Å². The van der Waals surface area contributed by atoms with Crippen LogP contribution in [0.3, 0.4) is 0 Å². The van der Waals surface area contributed by atoms with Gasteiger partial charge in [0.15, 0.2) is 0 Å². The van der Waals surface area contributed by atoms with E-state index in [2.05, 4.69) is 19.8 Å². The van der Waals surface area contributed by atoms with Crippen molar-refractivity contribution < 1.29 is 4.42 Å². The molecule has 0 saturated heterocycles. The summed E-state index contributed by atoms with van der Waals surface area (Å²) in [7, 11) is 0. The summed E-state index contributed by atoms with van der Waals surface area (Å²) in [6, 6.07) is 0. The van der Waals surface area contributed by atoms with Crippen LogP contribution in [0.15, 0.2) is 10.6 Å². The molecule has 0 saturated carbocycles. The van der Waals surface area contributed by atoms with Gasteiger partial charge in [-0.3, -0.25) is 0 Å². The molecule has 1 heterocycles. The number of aryl methyl sites for hydroxylation is 1. The summed E-state index contributed by atoms with van der Waals surface area (Å²) in [6.45, 7) is 1.89. The second-order valence-electron chi connectivity index (χ2n) is 3.49. The monoisotopic (exact) mass is 247 g/mol. The van der Waals surface area contributed by atoms with Gasteiger partial charge in [0.2, 0.25) is 0 Å². The quantitative estimate of drug-likeness (QED) is 0.702. The van der Waals surface area contributed by atoms with Crippen LogP contribution in [0.2, 0.25) is 14.8 Å². The van der Waals surface area contributed by atoms with Crippen molar-refractivity contribution in [3.05, 3.63) is 12.1 Å². The van der Waals surface area contributed by atoms with Gasteiger partial charge in [0, 0.05) is 0 Å². The molecule has 0 spiro atoms. The van der Waals surface area contributed by atoms with Gasteiger partial charge in [-0.15, -0.1) is 0 Å². The summed E-state index contributed by atoms with van der Waals surface area (Å²) < 4.78 is 6.59. The molecule has 1 rings (SSSR count). The zero-order valence-electron chi connectivity index (χ0n) is 6.93. The van der Waals surface area contributed by atoms with Crippen molar-refractivity contribution >= 4 is 22.2 Å². The molecule has 1 aromatic rings. The van der Waals surface area contributed by atoms with E-state index >= 15 is 0 Å². The second-order valence-corrected chi connectivity index (χ2v) is 17.7. The first kappa shape index (κ1) is 8.11. The van der Waals surface area contributed by atoms with Gasteiger partial charge in [0.1, 0.15) is 0 Å². The minimum absolute atomic E-state index is 0.793. The molecule has 0 aliphatic carbocycles. The zero-order valence-corrected chi connectivity index (χ0v) is 9.79. The molecule has 2 nitrogen and oxygen atoms in total. The van der Waals surface area contributed by atoms with E-state index in [9.17, 15) is 0 Å². The third-order valence-electron chi connectivity index (χ3n) is 1.36. The van der Waals surface area contributed by atoms with Crippen LogP contribution in [-0.4, -0.2) is 23.4 Å². The van der Waals surface area contributed by atoms with E-state index in [0.717, 1.165) is 9.67 Å². The van der Waals surface area contributed by atoms with Crippen molar-refractivity contribution in [3.63, 3.8) is 0 Å². The molecule has 0 bridgehead atoms. The van der Waals surface area contributed by atoms with Crippen LogP contribution >= 0.6 is 0 Å². The van der Waals surface area contributed by atoms with E-state index < -0.39 is 18.4 Å². The Bertz CT molecular complexity index is 224. The molecule has 0 unspecified atom stereocenters. The van der Waals surface area contributed by atoms with Crippen molar-refractivity contribution in [2.24, 2.45) is 0 Å². The Morgan fingerprint density at radius 1 is 1.40 bits per heavy atom. The maximum atomic E-state index is 5.43. The standard InChI is InChI=1S/C4H4NO.3CH3.Sn/c1-4-5-2-3-6-4;;;;/h2H,1H3;3*1H3;. The fourth-order valence-corrected chi connectivity index (χ4v) is 3.29. The van der Waals surface area contributed by atoms with Crippen molar-refractivity contribution in [2.45, 2.75) is 21.7 Å². The van der Waals surface area contributed by atoms with Gasteiger partial charge in [-0.05, 0) is 0 Å². The summed E-state index contributed by atoms with van der Waals surface area (Å²) in [4.78, 5) is 11.0. The third kappa shape index (κ3) is 1.75. The second kappa shape index (κ2) is 2.57. The van der Waals surface area contributed by atoms with Crippen LogP contribution in [0.1, 0.15) is 5.89 Å². The van der Waals surface area contributed by atoms with Crippen LogP contribution in [0.4, 0.5) is 0 Å². The SMILES string of the molecule is Cc1nc[c]([Sn]([CH3])([CH3])[CH3])o1. The average Bonchev–Trinajstić information content (AvgIpc) is 2.11. The Kier molecular flexibility index (Phi) is 2.08. The summed E-state index contributed by atoms with van der Waals surface area (Å²) in [5, 5.41) is 0. The molecular formula is C7H13NOSn. The summed E-state index contributed by atoms with van der Waals surface area (Å²) >= 11 is -1.92. The average molecular weight is 246 g/mol. The molecule has 0 atom stereocenters. The number of aromatic nitrogens is 1. The number of oxazole rings is 1. The summed E-state index contributed by atoms with van der Waals surface area (Å²) in [5.74, 6) is 0.793. The van der Waals surface area contributed by atoms with Crippen molar-refractivity contribution in [3.8, 4) is 0 Å². The van der Waals surface area contributed by atoms with Crippen molar-refractivity contribution in [1.82, 2.24) is 4.98 Å². The predicted molar refractivity (Wildman–Crippen MR) is 44.2 cm³/mol. The van der Waals surface area contributed by atoms with Crippen LogP contribution in [-0.2, 0) is 0 Å². The van der Waals surface area contributed by atoms with Crippen LogP contribution in [0.25, 0.3) is 0 Å². The van der Waals surface area contributed by atoms with Gasteiger partial charge in [-0.2, -0.15) is 0 Å². The molecule has 10 heavy (non-hydrogen) atoms. The Hall–Kier alpha value is 0.00870. The fourth-order valence-electron chi connectivity index (χ4n) is 0.708. The normalized spacial score (nSPS) is 12.0. The molecule has 0 fully saturated rings. The van der Waals surface area contributed by atoms with Crippen LogP contribution < -0.4 is 3.78 Å². The van der Waals surface area contributed by atoms with E-state index in [4.69, 9.17) is 4.42 Å². The van der Waals surface area contributed by atoms with Gasteiger partial charge in [0.25, 0.3) is 0 Å². The van der Waals surface area contributed by atoms with Gasteiger partial charge >= 0.3 is 65.4 Å². The number of rotatable bonds is 1. The Labute approximate surface area is 65.5 Å². The molecule has 1 aromatic heterocycles. The zero-order chi connectivity index (χ0) is 7.78. The number of hydrogen-bond acceptors (Lipinski definition) is 2. The van der Waals surface area contributed by atoms with E-state index in [0.29, 0.717) is 0 Å². The Morgan fingerprint density at radius 2 is 2.00 bits per heavy atom. The van der Waals surface area contributed by atoms with E-state index in [1.165, 1.54) is 0 Å². The Balaban J connectivity index is 2.96. The maximum absolute atomic E-state index is 5.43. The molecule has 0 N–H and O–H groups in total. The molecular weight excluding hydrogens is 233 g/mol. The molecule has 0 radical (unpaired) electrons. The molecule has 3 heteroatoms. The number of hydrogen-bond donors (Lipinski definition) is 0. The first-order chi connectivity index (χ1) is 4.50. The molecule has 0 aliphatic rings. The van der Waals surface area contributed by atoms with Crippen molar-refractivity contribution in [1.29, 1.82) is 0 Å². The molecule has 0 aromatic carbocycles. The van der Waals surface area contributed by atoms with Crippen LogP contribution in [0, 0.1) is 6.92 Å². The summed E-state index contributed by atoms with van der Waals surface area (Å²) in [5.41, 5.74) is 0. The topological polar surface area (TPSA) is 26.0 Å². The Morgan fingerprint density at radius 3 is 2.20 bits per heavy atom. The molecule has 56 valence electrons. The third-order valence-corrected chi connectivity index (χ3v) is 6.24. The van der Waals surface area contributed by atoms with E-state index in [1.807, 2.05) is 13.1 Å². The van der Waals surface area contributed by atoms with Gasteiger partial charge in [0.05, 0.1) is 0 Å². The van der Waals surface area contributed by atoms with Gasteiger partial charge < -0.3 is 0 Å². The fraction of sp³-hybridized carbons (Fsp3) is 0.571. The predicted octanol–water partition coefficient (Wildman–Crippen LogP) is 1.53. The van der Waals surface area contributed by atoms with Gasteiger partial charge in [-0.25, -0.2) is 0 Å². The van der Waals surface area contributed by atoms with Crippen LogP contribution in [0.5, 0.6) is 0 Å². The molecule has 0 amide bonds. The first-order valence-corrected chi connectivity index (χ1v) is 13.4. The molecule has 0 aliphatic heterocycles. The summed E-state index contributed by atoms with van der Waals surface area (Å²) in [6.07, 6.45) is 1.88. The van der Waals surface area contributed by atoms with E-state index in [-0.39, 0.29) is 0 Å². The minimum atomic E-state index is -1.92.